The minimum Gasteiger partial charge on any atom is -0.310 e. The normalized spacial score (nSPS) is 20.2. The Morgan fingerprint density at radius 1 is 1.00 bits per heavy atom. The van der Waals surface area contributed by atoms with Crippen LogP contribution in [0.1, 0.15) is 35.7 Å². The van der Waals surface area contributed by atoms with Crippen molar-refractivity contribution in [3.05, 3.63) is 65.7 Å². The number of hydrogen-bond acceptors (Lipinski definition) is 2. The standard InChI is InChI=1S/C20H20ClNO2/c1-2-3-13-22-17-12-8-7-11-16(17)18(23)20(21,19(22)24)14-15-9-5-4-6-10-15/h4-12H,2-3,13-14H2,1H3. The van der Waals surface area contributed by atoms with Gasteiger partial charge in [0.25, 0.3) is 5.91 Å². The zero-order chi connectivity index (χ0) is 17.2. The van der Waals surface area contributed by atoms with Gasteiger partial charge in [0, 0.05) is 18.5 Å². The minimum atomic E-state index is -1.57. The molecule has 0 saturated carbocycles. The van der Waals surface area contributed by atoms with E-state index in [1.165, 1.54) is 0 Å². The van der Waals surface area contributed by atoms with Crippen molar-refractivity contribution in [1.29, 1.82) is 0 Å². The van der Waals surface area contributed by atoms with Crippen LogP contribution in [-0.2, 0) is 11.2 Å². The fourth-order valence-corrected chi connectivity index (χ4v) is 3.46. The summed E-state index contributed by atoms with van der Waals surface area (Å²) < 4.78 is 0. The first-order valence-electron chi connectivity index (χ1n) is 8.26. The average Bonchev–Trinajstić information content (AvgIpc) is 2.61. The van der Waals surface area contributed by atoms with Gasteiger partial charge in [0.2, 0.25) is 0 Å². The summed E-state index contributed by atoms with van der Waals surface area (Å²) >= 11 is 6.67. The minimum absolute atomic E-state index is 0.198. The fraction of sp³-hybridized carbons (Fsp3) is 0.300. The van der Waals surface area contributed by atoms with Crippen molar-refractivity contribution in [3.8, 4) is 0 Å². The first kappa shape index (κ1) is 16.7. The van der Waals surface area contributed by atoms with Crippen LogP contribution in [0.5, 0.6) is 0 Å². The maximum Gasteiger partial charge on any atom is 0.256 e. The lowest BCUT2D eigenvalue weighted by Crippen LogP contribution is -2.56. The number of Topliss-reactive ketones (excluding diaryl/α,β-unsaturated/α-hetero) is 1. The molecule has 124 valence electrons. The molecule has 2 aromatic carbocycles. The maximum atomic E-state index is 13.1. The number of unbranched alkanes of at least 4 members (excludes halogenated alkanes) is 1. The molecule has 0 N–H and O–H groups in total. The van der Waals surface area contributed by atoms with E-state index in [1.54, 1.807) is 11.0 Å². The summed E-state index contributed by atoms with van der Waals surface area (Å²) in [5.41, 5.74) is 2.08. The molecule has 24 heavy (non-hydrogen) atoms. The van der Waals surface area contributed by atoms with Gasteiger partial charge in [-0.05, 0) is 24.1 Å². The van der Waals surface area contributed by atoms with Crippen molar-refractivity contribution in [2.45, 2.75) is 31.1 Å². The Bertz CT molecular complexity index is 759. The number of anilines is 1. The van der Waals surface area contributed by atoms with Gasteiger partial charge in [-0.25, -0.2) is 0 Å². The predicted molar refractivity (Wildman–Crippen MR) is 96.8 cm³/mol. The second kappa shape index (κ2) is 6.78. The summed E-state index contributed by atoms with van der Waals surface area (Å²) in [6.07, 6.45) is 2.03. The van der Waals surface area contributed by atoms with E-state index in [1.807, 2.05) is 48.5 Å². The van der Waals surface area contributed by atoms with Crippen molar-refractivity contribution in [2.75, 3.05) is 11.4 Å². The largest absolute Gasteiger partial charge is 0.310 e. The molecule has 1 aliphatic heterocycles. The van der Waals surface area contributed by atoms with E-state index >= 15 is 0 Å². The van der Waals surface area contributed by atoms with Gasteiger partial charge < -0.3 is 4.90 Å². The molecule has 0 spiro atoms. The number of fused-ring (bicyclic) bond motifs is 1. The van der Waals surface area contributed by atoms with E-state index < -0.39 is 4.87 Å². The third-order valence-electron chi connectivity index (χ3n) is 4.41. The van der Waals surface area contributed by atoms with Crippen LogP contribution >= 0.6 is 11.6 Å². The van der Waals surface area contributed by atoms with Crippen LogP contribution in [0.2, 0.25) is 0 Å². The molecule has 0 aliphatic carbocycles. The highest BCUT2D eigenvalue weighted by Crippen LogP contribution is 2.38. The molecule has 1 amide bonds. The number of halogens is 1. The molecule has 1 heterocycles. The topological polar surface area (TPSA) is 37.4 Å². The molecule has 3 nitrogen and oxygen atoms in total. The van der Waals surface area contributed by atoms with Crippen molar-refractivity contribution in [2.24, 2.45) is 0 Å². The summed E-state index contributed by atoms with van der Waals surface area (Å²) in [7, 11) is 0. The first-order chi connectivity index (χ1) is 11.6. The van der Waals surface area contributed by atoms with Crippen LogP contribution in [0.4, 0.5) is 5.69 Å². The molecular formula is C20H20ClNO2. The molecule has 0 saturated heterocycles. The van der Waals surface area contributed by atoms with E-state index in [0.717, 1.165) is 18.4 Å². The van der Waals surface area contributed by atoms with E-state index in [9.17, 15) is 9.59 Å². The van der Waals surface area contributed by atoms with Gasteiger partial charge in [-0.1, -0.05) is 67.4 Å². The van der Waals surface area contributed by atoms with Gasteiger partial charge in [0.05, 0.1) is 5.69 Å². The molecule has 0 bridgehead atoms. The second-order valence-electron chi connectivity index (χ2n) is 6.12. The highest BCUT2D eigenvalue weighted by molar-refractivity contribution is 6.52. The molecule has 0 fully saturated rings. The van der Waals surface area contributed by atoms with Gasteiger partial charge in [-0.15, -0.1) is 0 Å². The van der Waals surface area contributed by atoms with Crippen molar-refractivity contribution < 1.29 is 9.59 Å². The molecule has 1 atom stereocenters. The number of carbonyl (C=O) groups excluding carboxylic acids is 2. The molecule has 3 rings (SSSR count). The number of amides is 1. The Morgan fingerprint density at radius 2 is 1.67 bits per heavy atom. The van der Waals surface area contributed by atoms with Crippen molar-refractivity contribution in [3.63, 3.8) is 0 Å². The molecule has 4 heteroatoms. The van der Waals surface area contributed by atoms with E-state index in [-0.39, 0.29) is 18.1 Å². The van der Waals surface area contributed by atoms with Crippen LogP contribution < -0.4 is 4.90 Å². The van der Waals surface area contributed by atoms with E-state index in [0.29, 0.717) is 17.8 Å². The number of benzene rings is 2. The van der Waals surface area contributed by atoms with Gasteiger partial charge >= 0.3 is 0 Å². The second-order valence-corrected chi connectivity index (χ2v) is 6.77. The Balaban J connectivity index is 2.04. The van der Waals surface area contributed by atoms with Crippen LogP contribution in [0.25, 0.3) is 0 Å². The SMILES string of the molecule is CCCCN1C(=O)C(Cl)(Cc2ccccc2)C(=O)c2ccccc21. The van der Waals surface area contributed by atoms with E-state index in [4.69, 9.17) is 11.6 Å². The number of hydrogen-bond donors (Lipinski definition) is 0. The Labute approximate surface area is 147 Å². The number of carbonyl (C=O) groups is 2. The lowest BCUT2D eigenvalue weighted by atomic mass is 9.84. The first-order valence-corrected chi connectivity index (χ1v) is 8.64. The number of para-hydroxylation sites is 1. The molecule has 0 aromatic heterocycles. The molecule has 0 radical (unpaired) electrons. The highest BCUT2D eigenvalue weighted by atomic mass is 35.5. The monoisotopic (exact) mass is 341 g/mol. The zero-order valence-corrected chi connectivity index (χ0v) is 14.4. The molecule has 1 aliphatic rings. The van der Waals surface area contributed by atoms with Gasteiger partial charge in [0.1, 0.15) is 0 Å². The Hall–Kier alpha value is -2.13. The number of rotatable bonds is 5. The molecular weight excluding hydrogens is 322 g/mol. The smallest absolute Gasteiger partial charge is 0.256 e. The lowest BCUT2D eigenvalue weighted by Gasteiger charge is -2.38. The quantitative estimate of drug-likeness (QED) is 0.602. The van der Waals surface area contributed by atoms with Crippen LogP contribution in [0.15, 0.2) is 54.6 Å². The van der Waals surface area contributed by atoms with Crippen LogP contribution in [0.3, 0.4) is 0 Å². The molecule has 2 aromatic rings. The van der Waals surface area contributed by atoms with Gasteiger partial charge in [-0.2, -0.15) is 0 Å². The van der Waals surface area contributed by atoms with Gasteiger partial charge in [-0.3, -0.25) is 9.59 Å². The van der Waals surface area contributed by atoms with Crippen molar-refractivity contribution in [1.82, 2.24) is 0 Å². The predicted octanol–water partition coefficient (Wildman–Crippen LogP) is 4.24. The summed E-state index contributed by atoms with van der Waals surface area (Å²) in [5, 5.41) is 0. The maximum absolute atomic E-state index is 13.1. The number of alkyl halides is 1. The van der Waals surface area contributed by atoms with Crippen LogP contribution in [-0.4, -0.2) is 23.1 Å². The van der Waals surface area contributed by atoms with E-state index in [2.05, 4.69) is 6.92 Å². The summed E-state index contributed by atoms with van der Waals surface area (Å²) in [4.78, 5) is 26.2. The number of ketones is 1. The van der Waals surface area contributed by atoms with Crippen molar-refractivity contribution >= 4 is 29.0 Å². The summed E-state index contributed by atoms with van der Waals surface area (Å²) in [6, 6.07) is 16.7. The van der Waals surface area contributed by atoms with Gasteiger partial charge in [0.15, 0.2) is 10.7 Å². The lowest BCUT2D eigenvalue weighted by molar-refractivity contribution is -0.120. The third-order valence-corrected chi connectivity index (χ3v) is 4.88. The number of nitrogens with zero attached hydrogens (tertiary/aromatic N) is 1. The van der Waals surface area contributed by atoms with Crippen LogP contribution in [0, 0.1) is 0 Å². The highest BCUT2D eigenvalue weighted by Gasteiger charge is 2.51. The average molecular weight is 342 g/mol. The third kappa shape index (κ3) is 2.84. The molecule has 1 unspecified atom stereocenters. The summed E-state index contributed by atoms with van der Waals surface area (Å²) in [5.74, 6) is -0.619. The Kier molecular flexibility index (Phi) is 4.72. The zero-order valence-electron chi connectivity index (χ0n) is 13.7. The summed E-state index contributed by atoms with van der Waals surface area (Å²) in [6.45, 7) is 2.65. The fourth-order valence-electron chi connectivity index (χ4n) is 3.11. The Morgan fingerprint density at radius 3 is 2.38 bits per heavy atom.